The molecule has 0 spiro atoms. The van der Waals surface area contributed by atoms with Crippen molar-refractivity contribution in [2.45, 2.75) is 25.8 Å². The van der Waals surface area contributed by atoms with Crippen molar-refractivity contribution in [1.29, 1.82) is 0 Å². The van der Waals surface area contributed by atoms with Gasteiger partial charge in [0.1, 0.15) is 0 Å². The average molecular weight is 723 g/mol. The van der Waals surface area contributed by atoms with Gasteiger partial charge < -0.3 is 9.13 Å². The van der Waals surface area contributed by atoms with Gasteiger partial charge in [0.15, 0.2) is 8.07 Å². The molecule has 0 bridgehead atoms. The Morgan fingerprint density at radius 1 is 0.400 bits per heavy atom. The zero-order valence-corrected chi connectivity index (χ0v) is 32.4. The third-order valence-electron chi connectivity index (χ3n) is 11.8. The van der Waals surface area contributed by atoms with E-state index in [0.717, 1.165) is 0 Å². The molecule has 0 saturated carbocycles. The third-order valence-corrected chi connectivity index (χ3v) is 17.6. The summed E-state index contributed by atoms with van der Waals surface area (Å²) in [4.78, 5) is 0. The molecule has 0 atom stereocenters. The van der Waals surface area contributed by atoms with Gasteiger partial charge in [-0.15, -0.1) is 0 Å². The van der Waals surface area contributed by atoms with Crippen molar-refractivity contribution in [2.24, 2.45) is 0 Å². The molecule has 2 nitrogen and oxygen atoms in total. The predicted molar refractivity (Wildman–Crippen MR) is 238 cm³/mol. The highest BCUT2D eigenvalue weighted by Crippen LogP contribution is 2.41. The fraction of sp³-hybridized carbons (Fsp3) is 0.0769. The quantitative estimate of drug-likeness (QED) is 0.119. The van der Waals surface area contributed by atoms with E-state index in [0.29, 0.717) is 0 Å². The van der Waals surface area contributed by atoms with E-state index in [1.807, 2.05) is 0 Å². The second-order valence-corrected chi connectivity index (χ2v) is 20.4. The van der Waals surface area contributed by atoms with Crippen molar-refractivity contribution < 1.29 is 0 Å². The molecule has 55 heavy (non-hydrogen) atoms. The van der Waals surface area contributed by atoms with Crippen LogP contribution in [0.3, 0.4) is 0 Å². The highest BCUT2D eigenvalue weighted by molar-refractivity contribution is 7.14. The smallest absolute Gasteiger partial charge is 0.156 e. The van der Waals surface area contributed by atoms with Gasteiger partial charge in [0, 0.05) is 32.8 Å². The number of hydrogen-bond acceptors (Lipinski definition) is 0. The van der Waals surface area contributed by atoms with Crippen LogP contribution in [-0.2, 0) is 0 Å². The van der Waals surface area contributed by atoms with Crippen LogP contribution in [0.2, 0.25) is 5.04 Å². The zero-order valence-electron chi connectivity index (χ0n) is 31.4. The highest BCUT2D eigenvalue weighted by atomic mass is 28.3. The summed E-state index contributed by atoms with van der Waals surface area (Å²) in [5.41, 5.74) is 9.70. The molecule has 2 heterocycles. The Labute approximate surface area is 323 Å². The molecule has 0 saturated heterocycles. The van der Waals surface area contributed by atoms with Gasteiger partial charge in [-0.3, -0.25) is 0 Å². The van der Waals surface area contributed by atoms with E-state index in [2.05, 4.69) is 230 Å². The third kappa shape index (κ3) is 5.00. The first kappa shape index (κ1) is 33.2. The van der Waals surface area contributed by atoms with E-state index >= 15 is 0 Å². The summed E-state index contributed by atoms with van der Waals surface area (Å²) in [7, 11) is -2.72. The Bertz CT molecular complexity index is 2960. The molecule has 0 aliphatic rings. The van der Waals surface area contributed by atoms with E-state index in [9.17, 15) is 0 Å². The fourth-order valence-corrected chi connectivity index (χ4v) is 15.4. The van der Waals surface area contributed by atoms with E-state index < -0.39 is 8.07 Å². The van der Waals surface area contributed by atoms with E-state index in [1.165, 1.54) is 81.7 Å². The van der Waals surface area contributed by atoms with E-state index in [1.54, 1.807) is 0 Å². The lowest BCUT2D eigenvalue weighted by molar-refractivity contribution is 0.739. The van der Waals surface area contributed by atoms with Crippen molar-refractivity contribution in [3.8, 4) is 22.5 Å². The average Bonchev–Trinajstić information content (AvgIpc) is 3.75. The summed E-state index contributed by atoms with van der Waals surface area (Å²) >= 11 is 0. The van der Waals surface area contributed by atoms with Crippen molar-refractivity contribution >= 4 is 67.2 Å². The van der Waals surface area contributed by atoms with Crippen LogP contribution < -0.4 is 15.6 Å². The molecule has 264 valence electrons. The molecule has 0 aliphatic carbocycles. The first-order chi connectivity index (χ1) is 27.0. The number of benzene rings is 8. The molecule has 0 radical (unpaired) electrons. The van der Waals surface area contributed by atoms with E-state index in [4.69, 9.17) is 0 Å². The predicted octanol–water partition coefficient (Wildman–Crippen LogP) is 11.8. The van der Waals surface area contributed by atoms with Gasteiger partial charge in [-0.25, -0.2) is 0 Å². The summed E-state index contributed by atoms with van der Waals surface area (Å²) in [6.07, 6.45) is 0. The Hall–Kier alpha value is -6.42. The molecule has 0 fully saturated rings. The highest BCUT2D eigenvalue weighted by Gasteiger charge is 2.50. The first-order valence-corrected chi connectivity index (χ1v) is 21.3. The van der Waals surface area contributed by atoms with Gasteiger partial charge in [-0.1, -0.05) is 185 Å². The Morgan fingerprint density at radius 2 is 0.909 bits per heavy atom. The van der Waals surface area contributed by atoms with E-state index in [-0.39, 0.29) is 5.04 Å². The van der Waals surface area contributed by atoms with Crippen molar-refractivity contribution in [1.82, 2.24) is 9.13 Å². The number of para-hydroxylation sites is 4. The maximum absolute atomic E-state index is 2.72. The van der Waals surface area contributed by atoms with Crippen LogP contribution in [0.5, 0.6) is 0 Å². The maximum atomic E-state index is 2.57. The molecular formula is C52H42N2Si. The molecule has 0 amide bonds. The molecular weight excluding hydrogens is 681 g/mol. The molecule has 0 N–H and O–H groups in total. The normalized spacial score (nSPS) is 12.3. The van der Waals surface area contributed by atoms with Gasteiger partial charge in [0.25, 0.3) is 0 Å². The van der Waals surface area contributed by atoms with Crippen LogP contribution in [0.25, 0.3) is 66.1 Å². The standard InChI is InChI=1S/C52H42N2Si/c1-52(2,3)55(39-22-9-5-10-23-39,40-24-11-6-12-25-40)50-33-19-29-44-42-27-14-17-31-47(42)53(51(44)50)38-34-35-49-45(36-38)43-28-15-18-32-48(43)54(49)46-30-16-13-26-41(46)37-20-7-4-8-21-37/h4-36H,1-3H3. The van der Waals surface area contributed by atoms with Crippen LogP contribution in [0.4, 0.5) is 0 Å². The summed E-state index contributed by atoms with van der Waals surface area (Å²) in [5, 5.41) is 9.28. The molecule has 10 aromatic rings. The van der Waals surface area contributed by atoms with Crippen LogP contribution in [-0.4, -0.2) is 17.2 Å². The minimum absolute atomic E-state index is 0.0607. The fourth-order valence-electron chi connectivity index (χ4n) is 9.60. The van der Waals surface area contributed by atoms with Crippen molar-refractivity contribution in [3.05, 3.63) is 200 Å². The Morgan fingerprint density at radius 3 is 1.56 bits per heavy atom. The minimum atomic E-state index is -2.72. The monoisotopic (exact) mass is 722 g/mol. The lowest BCUT2D eigenvalue weighted by Gasteiger charge is -2.45. The topological polar surface area (TPSA) is 9.86 Å². The van der Waals surface area contributed by atoms with Crippen LogP contribution in [0.15, 0.2) is 200 Å². The second-order valence-electron chi connectivity index (χ2n) is 15.7. The maximum Gasteiger partial charge on any atom is 0.156 e. The summed E-state index contributed by atoms with van der Waals surface area (Å²) in [6, 6.07) is 74.3. The summed E-state index contributed by atoms with van der Waals surface area (Å²) in [5.74, 6) is 0. The second kappa shape index (κ2) is 12.9. The molecule has 8 aromatic carbocycles. The summed E-state index contributed by atoms with van der Waals surface area (Å²) in [6.45, 7) is 7.37. The van der Waals surface area contributed by atoms with Gasteiger partial charge in [-0.05, 0) is 62.6 Å². The van der Waals surface area contributed by atoms with Crippen LogP contribution in [0, 0.1) is 0 Å². The van der Waals surface area contributed by atoms with Gasteiger partial charge in [0.2, 0.25) is 0 Å². The zero-order chi connectivity index (χ0) is 37.1. The number of nitrogens with zero attached hydrogens (tertiary/aromatic N) is 2. The van der Waals surface area contributed by atoms with Gasteiger partial charge in [-0.2, -0.15) is 0 Å². The van der Waals surface area contributed by atoms with Gasteiger partial charge >= 0.3 is 0 Å². The molecule has 3 heteroatoms. The van der Waals surface area contributed by atoms with Crippen molar-refractivity contribution in [2.75, 3.05) is 0 Å². The van der Waals surface area contributed by atoms with Crippen molar-refractivity contribution in [3.63, 3.8) is 0 Å². The van der Waals surface area contributed by atoms with Crippen LogP contribution in [0.1, 0.15) is 20.8 Å². The minimum Gasteiger partial charge on any atom is -0.309 e. The number of fused-ring (bicyclic) bond motifs is 6. The number of aromatic nitrogens is 2. The number of hydrogen-bond donors (Lipinski definition) is 0. The largest absolute Gasteiger partial charge is 0.309 e. The Balaban J connectivity index is 1.31. The first-order valence-electron chi connectivity index (χ1n) is 19.3. The molecule has 10 rings (SSSR count). The molecule has 2 aromatic heterocycles. The van der Waals surface area contributed by atoms with Gasteiger partial charge in [0.05, 0.1) is 27.8 Å². The Kier molecular flexibility index (Phi) is 7.76. The number of rotatable bonds is 6. The lowest BCUT2D eigenvalue weighted by atomic mass is 10.0. The summed E-state index contributed by atoms with van der Waals surface area (Å²) < 4.78 is 5.03. The molecule has 0 unspecified atom stereocenters. The SMILES string of the molecule is CC(C)(C)[Si](c1ccccc1)(c1ccccc1)c1cccc2c3ccccc3n(-c3ccc4c(c3)c3ccccc3n4-c3ccccc3-c3ccccc3)c12. The van der Waals surface area contributed by atoms with Crippen LogP contribution >= 0.6 is 0 Å². The lowest BCUT2D eigenvalue weighted by Crippen LogP contribution is -2.72. The molecule has 0 aliphatic heterocycles.